The van der Waals surface area contributed by atoms with E-state index in [1.165, 1.54) is 16.4 Å². The summed E-state index contributed by atoms with van der Waals surface area (Å²) in [7, 11) is -3.23. The summed E-state index contributed by atoms with van der Waals surface area (Å²) in [6, 6.07) is 13.3. The molecule has 27 heavy (non-hydrogen) atoms. The van der Waals surface area contributed by atoms with E-state index in [-0.39, 0.29) is 17.5 Å². The highest BCUT2D eigenvalue weighted by atomic mass is 32.2. The number of aryl methyl sites for hydroxylation is 1. The molecular weight excluding hydrogens is 367 g/mol. The molecule has 1 aliphatic heterocycles. The number of nitrogens with one attached hydrogen (secondary N) is 1. The van der Waals surface area contributed by atoms with E-state index in [0.29, 0.717) is 30.8 Å². The zero-order valence-electron chi connectivity index (χ0n) is 15.0. The van der Waals surface area contributed by atoms with Gasteiger partial charge in [-0.2, -0.15) is 0 Å². The molecule has 1 saturated heterocycles. The van der Waals surface area contributed by atoms with Crippen molar-refractivity contribution >= 4 is 27.3 Å². The van der Waals surface area contributed by atoms with Crippen molar-refractivity contribution < 1.29 is 17.6 Å². The molecule has 0 atom stereocenters. The number of nitrogens with zero attached hydrogens (tertiary/aromatic N) is 1. The molecule has 0 unspecified atom stereocenters. The molecule has 0 aliphatic carbocycles. The van der Waals surface area contributed by atoms with Crippen molar-refractivity contribution in [1.82, 2.24) is 0 Å². The fourth-order valence-corrected chi connectivity index (χ4v) is 4.71. The molecule has 1 aliphatic rings. The van der Waals surface area contributed by atoms with Crippen LogP contribution in [0, 0.1) is 5.82 Å². The van der Waals surface area contributed by atoms with Crippen molar-refractivity contribution in [1.29, 1.82) is 0 Å². The van der Waals surface area contributed by atoms with Gasteiger partial charge in [0.1, 0.15) is 5.82 Å². The van der Waals surface area contributed by atoms with Gasteiger partial charge in [0.15, 0.2) is 0 Å². The normalized spacial score (nSPS) is 15.7. The molecule has 0 spiro atoms. The van der Waals surface area contributed by atoms with Crippen molar-refractivity contribution in [2.75, 3.05) is 21.9 Å². The van der Waals surface area contributed by atoms with Crippen LogP contribution in [0.25, 0.3) is 0 Å². The molecule has 0 radical (unpaired) electrons. The molecule has 0 saturated carbocycles. The van der Waals surface area contributed by atoms with Gasteiger partial charge in [-0.25, -0.2) is 12.8 Å². The first kappa shape index (κ1) is 19.4. The molecule has 3 rings (SSSR count). The number of halogens is 1. The van der Waals surface area contributed by atoms with Crippen LogP contribution < -0.4 is 9.62 Å². The molecule has 1 N–H and O–H groups in total. The summed E-state index contributed by atoms with van der Waals surface area (Å²) in [5.41, 5.74) is 2.23. The van der Waals surface area contributed by atoms with Gasteiger partial charge in [0.25, 0.3) is 0 Å². The second-order valence-electron chi connectivity index (χ2n) is 6.67. The van der Waals surface area contributed by atoms with E-state index in [1.807, 2.05) is 0 Å². The van der Waals surface area contributed by atoms with Crippen LogP contribution in [-0.2, 0) is 21.2 Å². The molecule has 0 bridgehead atoms. The number of rotatable bonds is 7. The van der Waals surface area contributed by atoms with Crippen molar-refractivity contribution in [2.45, 2.75) is 32.1 Å². The lowest BCUT2D eigenvalue weighted by atomic mass is 10.1. The smallest absolute Gasteiger partial charge is 0.235 e. The van der Waals surface area contributed by atoms with Crippen LogP contribution >= 0.6 is 0 Å². The van der Waals surface area contributed by atoms with Gasteiger partial charge in [-0.15, -0.1) is 0 Å². The fourth-order valence-electron chi connectivity index (χ4n) is 3.16. The minimum atomic E-state index is -3.23. The minimum Gasteiger partial charge on any atom is -0.326 e. The summed E-state index contributed by atoms with van der Waals surface area (Å²) in [5.74, 6) is -0.185. The number of benzene rings is 2. The van der Waals surface area contributed by atoms with Gasteiger partial charge in [-0.3, -0.25) is 9.10 Å². The van der Waals surface area contributed by atoms with Gasteiger partial charge < -0.3 is 5.32 Å². The molecule has 1 fully saturated rings. The lowest BCUT2D eigenvalue weighted by Crippen LogP contribution is -2.25. The number of hydrogen-bond donors (Lipinski definition) is 1. The van der Waals surface area contributed by atoms with Crippen LogP contribution in [-0.4, -0.2) is 26.6 Å². The number of carbonyl (C=O) groups is 1. The third-order valence-electron chi connectivity index (χ3n) is 4.55. The highest BCUT2D eigenvalue weighted by Gasteiger charge is 2.28. The number of amides is 1. The van der Waals surface area contributed by atoms with E-state index in [9.17, 15) is 17.6 Å². The molecule has 0 aromatic heterocycles. The number of carbonyl (C=O) groups excluding carboxylic acids is 1. The van der Waals surface area contributed by atoms with E-state index in [4.69, 9.17) is 0 Å². The third kappa shape index (κ3) is 5.29. The predicted octanol–water partition coefficient (Wildman–Crippen LogP) is 3.72. The lowest BCUT2D eigenvalue weighted by molar-refractivity contribution is -0.116. The van der Waals surface area contributed by atoms with E-state index < -0.39 is 10.0 Å². The average molecular weight is 390 g/mol. The summed E-state index contributed by atoms with van der Waals surface area (Å²) in [4.78, 5) is 12.1. The van der Waals surface area contributed by atoms with E-state index in [2.05, 4.69) is 5.32 Å². The Labute approximate surface area is 159 Å². The Morgan fingerprint density at radius 1 is 1.11 bits per heavy atom. The zero-order valence-corrected chi connectivity index (χ0v) is 15.8. The number of anilines is 2. The maximum absolute atomic E-state index is 12.9. The Kier molecular flexibility index (Phi) is 6.11. The van der Waals surface area contributed by atoms with Crippen LogP contribution in [0.2, 0.25) is 0 Å². The van der Waals surface area contributed by atoms with E-state index >= 15 is 0 Å². The maximum Gasteiger partial charge on any atom is 0.235 e. The molecule has 2 aromatic carbocycles. The third-order valence-corrected chi connectivity index (χ3v) is 6.42. The quantitative estimate of drug-likeness (QED) is 0.733. The Morgan fingerprint density at radius 3 is 2.59 bits per heavy atom. The van der Waals surface area contributed by atoms with Gasteiger partial charge in [0, 0.05) is 18.7 Å². The maximum atomic E-state index is 12.9. The van der Waals surface area contributed by atoms with Crippen LogP contribution in [0.1, 0.15) is 31.2 Å². The Bertz CT molecular complexity index is 898. The molecule has 1 heterocycles. The zero-order chi connectivity index (χ0) is 19.3. The van der Waals surface area contributed by atoms with Gasteiger partial charge in [0.2, 0.25) is 15.9 Å². The van der Waals surface area contributed by atoms with E-state index in [0.717, 1.165) is 24.8 Å². The molecule has 144 valence electrons. The predicted molar refractivity (Wildman–Crippen MR) is 105 cm³/mol. The minimum absolute atomic E-state index is 0.101. The first-order chi connectivity index (χ1) is 12.9. The number of unbranched alkanes of at least 4 members (excludes halogenated alkanes) is 1. The SMILES string of the molecule is O=C(CCCCc1ccc(F)cc1)Nc1cccc(N2CCCS2(=O)=O)c1. The monoisotopic (exact) mass is 390 g/mol. The largest absolute Gasteiger partial charge is 0.326 e. The number of hydrogen-bond acceptors (Lipinski definition) is 3. The van der Waals surface area contributed by atoms with Crippen LogP contribution in [0.5, 0.6) is 0 Å². The molecule has 5 nitrogen and oxygen atoms in total. The summed E-state index contributed by atoms with van der Waals surface area (Å²) < 4.78 is 38.3. The van der Waals surface area contributed by atoms with E-state index in [1.54, 1.807) is 36.4 Å². The second-order valence-corrected chi connectivity index (χ2v) is 8.69. The Morgan fingerprint density at radius 2 is 1.89 bits per heavy atom. The van der Waals surface area contributed by atoms with Crippen molar-refractivity contribution in [3.05, 3.63) is 59.9 Å². The van der Waals surface area contributed by atoms with Crippen LogP contribution in [0.4, 0.5) is 15.8 Å². The fraction of sp³-hybridized carbons (Fsp3) is 0.350. The first-order valence-corrected chi connectivity index (χ1v) is 10.7. The second kappa shape index (κ2) is 8.52. The first-order valence-electron chi connectivity index (χ1n) is 9.09. The molecule has 2 aromatic rings. The summed E-state index contributed by atoms with van der Waals surface area (Å²) in [6.45, 7) is 0.475. The highest BCUT2D eigenvalue weighted by molar-refractivity contribution is 7.93. The molecular formula is C20H23FN2O3S. The standard InChI is InChI=1S/C20H23FN2O3S/c21-17-11-9-16(10-12-17)5-1-2-8-20(24)22-18-6-3-7-19(15-18)23-13-4-14-27(23,25)26/h3,6-7,9-12,15H,1-2,4-5,8,13-14H2,(H,22,24). The van der Waals surface area contributed by atoms with Crippen molar-refractivity contribution in [3.8, 4) is 0 Å². The van der Waals surface area contributed by atoms with Gasteiger partial charge in [-0.1, -0.05) is 18.2 Å². The summed E-state index contributed by atoms with van der Waals surface area (Å²) in [6.07, 6.45) is 3.37. The summed E-state index contributed by atoms with van der Waals surface area (Å²) in [5, 5.41) is 2.83. The Balaban J connectivity index is 1.48. The molecule has 7 heteroatoms. The van der Waals surface area contributed by atoms with Gasteiger partial charge >= 0.3 is 0 Å². The summed E-state index contributed by atoms with van der Waals surface area (Å²) >= 11 is 0. The van der Waals surface area contributed by atoms with Gasteiger partial charge in [-0.05, 0) is 61.6 Å². The van der Waals surface area contributed by atoms with Crippen LogP contribution in [0.3, 0.4) is 0 Å². The highest BCUT2D eigenvalue weighted by Crippen LogP contribution is 2.26. The average Bonchev–Trinajstić information content (AvgIpc) is 2.99. The lowest BCUT2D eigenvalue weighted by Gasteiger charge is -2.17. The number of sulfonamides is 1. The molecule has 1 amide bonds. The van der Waals surface area contributed by atoms with Gasteiger partial charge in [0.05, 0.1) is 11.4 Å². The Hall–Kier alpha value is -2.41. The van der Waals surface area contributed by atoms with Crippen molar-refractivity contribution in [2.24, 2.45) is 0 Å². The van der Waals surface area contributed by atoms with Crippen LogP contribution in [0.15, 0.2) is 48.5 Å². The topological polar surface area (TPSA) is 66.5 Å². The van der Waals surface area contributed by atoms with Crippen molar-refractivity contribution in [3.63, 3.8) is 0 Å².